The fourth-order valence-electron chi connectivity index (χ4n) is 2.10. The van der Waals surface area contributed by atoms with E-state index in [2.05, 4.69) is 20.8 Å². The molecule has 0 bridgehead atoms. The number of aliphatic carboxylic acids is 1. The Labute approximate surface area is 184 Å². The van der Waals surface area contributed by atoms with Gasteiger partial charge in [0.15, 0.2) is 5.78 Å². The third-order valence-electron chi connectivity index (χ3n) is 3.41. The molecule has 9 nitrogen and oxygen atoms in total. The molecule has 0 spiro atoms. The fraction of sp³-hybridized carbons (Fsp3) is 0.375. The van der Waals surface area contributed by atoms with Crippen LogP contribution in [-0.2, 0) is 16.1 Å². The number of nitrogens with one attached hydrogen (secondary N) is 1. The highest BCUT2D eigenvalue weighted by Crippen LogP contribution is 2.37. The van der Waals surface area contributed by atoms with Crippen LogP contribution in [-0.4, -0.2) is 54.1 Å². The van der Waals surface area contributed by atoms with Gasteiger partial charge in [0.1, 0.15) is 12.6 Å². The van der Waals surface area contributed by atoms with Crippen molar-refractivity contribution in [1.82, 2.24) is 25.5 Å². The molecule has 0 aliphatic carbocycles. The zero-order valence-corrected chi connectivity index (χ0v) is 18.3. The van der Waals surface area contributed by atoms with E-state index >= 15 is 0 Å². The third kappa shape index (κ3) is 7.18. The zero-order valence-electron chi connectivity index (χ0n) is 15.2. The highest BCUT2D eigenvalue weighted by Gasteiger charge is 2.25. The molecule has 1 aromatic carbocycles. The molecule has 0 saturated heterocycles. The van der Waals surface area contributed by atoms with Crippen molar-refractivity contribution in [2.45, 2.75) is 42.4 Å². The standard InChI is InChI=1S/C16H17Cl2N5O4S2/c1-2-6-28-16(27)19-11(7-13(25)26)12(24)8-23-15(20-21-22-23)29-14-9(17)4-3-5-10(14)18/h3-5,11H,2,6-8H2,1H3,(H,19,27)(H,25,26). The van der Waals surface area contributed by atoms with E-state index in [1.54, 1.807) is 18.2 Å². The van der Waals surface area contributed by atoms with Gasteiger partial charge in [0.2, 0.25) is 5.16 Å². The molecule has 1 amide bonds. The van der Waals surface area contributed by atoms with Gasteiger partial charge in [0, 0.05) is 5.75 Å². The Balaban J connectivity index is 2.13. The van der Waals surface area contributed by atoms with Crippen LogP contribution in [0.4, 0.5) is 4.79 Å². The van der Waals surface area contributed by atoms with Crippen molar-refractivity contribution in [3.05, 3.63) is 28.2 Å². The van der Waals surface area contributed by atoms with Crippen molar-refractivity contribution in [2.75, 3.05) is 5.75 Å². The minimum atomic E-state index is -1.21. The molecule has 1 atom stereocenters. The molecular formula is C16H17Cl2N5O4S2. The molecule has 2 rings (SSSR count). The number of Topliss-reactive ketones (excluding diaryl/α,β-unsaturated/α-hetero) is 1. The first-order valence-electron chi connectivity index (χ1n) is 8.37. The summed E-state index contributed by atoms with van der Waals surface area (Å²) >= 11 is 14.4. The van der Waals surface area contributed by atoms with Crippen LogP contribution in [0.1, 0.15) is 19.8 Å². The number of carboxylic acid groups (broad SMARTS) is 1. The lowest BCUT2D eigenvalue weighted by Gasteiger charge is -2.15. The number of nitrogens with zero attached hydrogens (tertiary/aromatic N) is 4. The predicted molar refractivity (Wildman–Crippen MR) is 111 cm³/mol. The normalized spacial score (nSPS) is 11.8. The second kappa shape index (κ2) is 11.4. The fourth-order valence-corrected chi connectivity index (χ4v) is 4.14. The summed E-state index contributed by atoms with van der Waals surface area (Å²) in [5, 5.41) is 23.3. The Morgan fingerprint density at radius 3 is 2.59 bits per heavy atom. The van der Waals surface area contributed by atoms with Crippen LogP contribution in [0.5, 0.6) is 0 Å². The molecule has 0 radical (unpaired) electrons. The maximum Gasteiger partial charge on any atom is 0.305 e. The maximum absolute atomic E-state index is 12.6. The van der Waals surface area contributed by atoms with Gasteiger partial charge in [-0.05, 0) is 40.7 Å². The van der Waals surface area contributed by atoms with Gasteiger partial charge in [-0.3, -0.25) is 14.4 Å². The Bertz CT molecular complexity index is 876. The molecule has 1 heterocycles. The van der Waals surface area contributed by atoms with Crippen LogP contribution < -0.4 is 5.32 Å². The summed E-state index contributed by atoms with van der Waals surface area (Å²) in [5.41, 5.74) is 0. The van der Waals surface area contributed by atoms with E-state index in [4.69, 9.17) is 28.3 Å². The van der Waals surface area contributed by atoms with Crippen molar-refractivity contribution in [1.29, 1.82) is 0 Å². The van der Waals surface area contributed by atoms with E-state index in [9.17, 15) is 14.4 Å². The van der Waals surface area contributed by atoms with Crippen LogP contribution in [0, 0.1) is 0 Å². The van der Waals surface area contributed by atoms with Crippen molar-refractivity contribution >= 4 is 63.7 Å². The minimum absolute atomic E-state index is 0.245. The van der Waals surface area contributed by atoms with Gasteiger partial charge >= 0.3 is 5.97 Å². The van der Waals surface area contributed by atoms with Gasteiger partial charge < -0.3 is 10.4 Å². The van der Waals surface area contributed by atoms with E-state index in [0.29, 0.717) is 20.7 Å². The summed E-state index contributed by atoms with van der Waals surface area (Å²) in [6.45, 7) is 1.58. The molecule has 1 unspecified atom stereocenters. The number of hydrogen-bond acceptors (Lipinski definition) is 8. The molecule has 0 aliphatic heterocycles. The average Bonchev–Trinajstić information content (AvgIpc) is 3.09. The minimum Gasteiger partial charge on any atom is -0.481 e. The summed E-state index contributed by atoms with van der Waals surface area (Å²) < 4.78 is 1.20. The Hall–Kier alpha value is -1.82. The van der Waals surface area contributed by atoms with E-state index in [0.717, 1.165) is 29.9 Å². The lowest BCUT2D eigenvalue weighted by Crippen LogP contribution is -2.42. The summed E-state index contributed by atoms with van der Waals surface area (Å²) in [7, 11) is 0. The van der Waals surface area contributed by atoms with Gasteiger partial charge in [-0.15, -0.1) is 5.10 Å². The second-order valence-corrected chi connectivity index (χ2v) is 8.53. The van der Waals surface area contributed by atoms with Crippen LogP contribution in [0.2, 0.25) is 10.0 Å². The van der Waals surface area contributed by atoms with E-state index in [1.807, 2.05) is 6.92 Å². The van der Waals surface area contributed by atoms with Crippen LogP contribution in [0.15, 0.2) is 28.3 Å². The van der Waals surface area contributed by atoms with Crippen molar-refractivity contribution in [3.63, 3.8) is 0 Å². The molecule has 29 heavy (non-hydrogen) atoms. The molecule has 2 aromatic rings. The number of rotatable bonds is 10. The first-order chi connectivity index (χ1) is 13.8. The zero-order chi connectivity index (χ0) is 21.4. The largest absolute Gasteiger partial charge is 0.481 e. The number of tetrazole rings is 1. The number of carbonyl (C=O) groups is 3. The van der Waals surface area contributed by atoms with Crippen LogP contribution in [0.25, 0.3) is 0 Å². The van der Waals surface area contributed by atoms with Crippen LogP contribution in [0.3, 0.4) is 0 Å². The Morgan fingerprint density at radius 2 is 1.97 bits per heavy atom. The monoisotopic (exact) mass is 477 g/mol. The third-order valence-corrected chi connectivity index (χ3v) is 6.38. The number of amides is 1. The Morgan fingerprint density at radius 1 is 1.28 bits per heavy atom. The number of thioether (sulfide) groups is 1. The first-order valence-corrected chi connectivity index (χ1v) is 10.9. The summed E-state index contributed by atoms with van der Waals surface area (Å²) in [6, 6.07) is 3.80. The second-order valence-electron chi connectivity index (χ2n) is 5.67. The quantitative estimate of drug-likeness (QED) is 0.528. The summed E-state index contributed by atoms with van der Waals surface area (Å²) in [4.78, 5) is 36.2. The SMILES string of the molecule is CCCSC(=O)NC(CC(=O)O)C(=O)Cn1nnnc1Sc1c(Cl)cccc1Cl. The topological polar surface area (TPSA) is 127 Å². The molecule has 0 aliphatic rings. The molecule has 0 saturated carbocycles. The summed E-state index contributed by atoms with van der Waals surface area (Å²) in [6.07, 6.45) is 0.226. The highest BCUT2D eigenvalue weighted by atomic mass is 35.5. The van der Waals surface area contributed by atoms with Crippen LogP contribution >= 0.6 is 46.7 Å². The van der Waals surface area contributed by atoms with E-state index < -0.39 is 29.5 Å². The van der Waals surface area contributed by atoms with Gasteiger partial charge in [0.25, 0.3) is 5.24 Å². The first kappa shape index (κ1) is 23.5. The summed E-state index contributed by atoms with van der Waals surface area (Å²) in [5.74, 6) is -1.19. The number of halogens is 2. The number of carbonyl (C=O) groups excluding carboxylic acids is 2. The van der Waals surface area contributed by atoms with Crippen molar-refractivity contribution < 1.29 is 19.5 Å². The van der Waals surface area contributed by atoms with Gasteiger partial charge in [-0.25, -0.2) is 4.68 Å². The molecule has 0 fully saturated rings. The van der Waals surface area contributed by atoms with Gasteiger partial charge in [0.05, 0.1) is 21.4 Å². The lowest BCUT2D eigenvalue weighted by atomic mass is 10.1. The predicted octanol–water partition coefficient (Wildman–Crippen LogP) is 3.40. The Kier molecular flexibility index (Phi) is 9.21. The smallest absolute Gasteiger partial charge is 0.305 e. The number of aromatic nitrogens is 4. The molecule has 13 heteroatoms. The molecule has 1 aromatic heterocycles. The van der Waals surface area contributed by atoms with Gasteiger partial charge in [-0.1, -0.05) is 48.0 Å². The maximum atomic E-state index is 12.6. The molecule has 2 N–H and O–H groups in total. The average molecular weight is 478 g/mol. The number of carboxylic acids is 1. The molecule has 156 valence electrons. The van der Waals surface area contributed by atoms with Crippen molar-refractivity contribution in [3.8, 4) is 0 Å². The number of hydrogen-bond donors (Lipinski definition) is 2. The number of ketones is 1. The van der Waals surface area contributed by atoms with E-state index in [1.165, 1.54) is 4.68 Å². The highest BCUT2D eigenvalue weighted by molar-refractivity contribution is 8.13. The van der Waals surface area contributed by atoms with Crippen molar-refractivity contribution in [2.24, 2.45) is 0 Å². The van der Waals surface area contributed by atoms with E-state index in [-0.39, 0.29) is 11.7 Å². The lowest BCUT2D eigenvalue weighted by molar-refractivity contribution is -0.139. The van der Waals surface area contributed by atoms with Gasteiger partial charge in [-0.2, -0.15) is 0 Å². The number of benzene rings is 1. The molecular weight excluding hydrogens is 461 g/mol.